The minimum atomic E-state index is -4.86. The molecule has 1 heterocycles. The van der Waals surface area contributed by atoms with Gasteiger partial charge in [0.05, 0.1) is 29.3 Å². The second-order valence-electron chi connectivity index (χ2n) is 5.24. The van der Waals surface area contributed by atoms with Crippen molar-refractivity contribution in [3.63, 3.8) is 0 Å². The number of rotatable bonds is 3. The van der Waals surface area contributed by atoms with E-state index in [1.165, 1.54) is 12.5 Å². The highest BCUT2D eigenvalue weighted by atomic mass is 19.4. The second-order valence-corrected chi connectivity index (χ2v) is 5.24. The number of alkyl halides is 6. The van der Waals surface area contributed by atoms with Gasteiger partial charge in [0.25, 0.3) is 0 Å². The van der Waals surface area contributed by atoms with Gasteiger partial charge in [-0.1, -0.05) is 6.92 Å². The molecule has 0 aliphatic heterocycles. The summed E-state index contributed by atoms with van der Waals surface area (Å²) in [7, 11) is 0. The summed E-state index contributed by atoms with van der Waals surface area (Å²) in [6.07, 6.45) is -6.40. The van der Waals surface area contributed by atoms with Crippen LogP contribution in [0.4, 0.5) is 26.3 Å². The molecule has 0 bridgehead atoms. The van der Waals surface area contributed by atoms with E-state index >= 15 is 0 Å². The van der Waals surface area contributed by atoms with Crippen LogP contribution in [-0.4, -0.2) is 9.55 Å². The van der Waals surface area contributed by atoms with Crippen molar-refractivity contribution in [3.8, 4) is 11.3 Å². The maximum atomic E-state index is 12.9. The molecular formula is C15H14F6N2. The molecule has 23 heavy (non-hydrogen) atoms. The average Bonchev–Trinajstić information content (AvgIpc) is 2.93. The van der Waals surface area contributed by atoms with Gasteiger partial charge in [-0.3, -0.25) is 0 Å². The Morgan fingerprint density at radius 2 is 1.52 bits per heavy atom. The number of aromatic nitrogens is 2. The van der Waals surface area contributed by atoms with Gasteiger partial charge in [0, 0.05) is 11.6 Å². The minimum Gasteiger partial charge on any atom is -0.328 e. The van der Waals surface area contributed by atoms with E-state index in [2.05, 4.69) is 4.98 Å². The van der Waals surface area contributed by atoms with Gasteiger partial charge in [0.2, 0.25) is 0 Å². The van der Waals surface area contributed by atoms with E-state index in [1.807, 2.05) is 13.8 Å². The first kappa shape index (κ1) is 17.4. The molecule has 0 N–H and O–H groups in total. The zero-order valence-corrected chi connectivity index (χ0v) is 12.3. The number of nitrogens with zero attached hydrogens (tertiary/aromatic N) is 2. The van der Waals surface area contributed by atoms with Gasteiger partial charge >= 0.3 is 12.4 Å². The first-order valence-electron chi connectivity index (χ1n) is 6.85. The van der Waals surface area contributed by atoms with Crippen LogP contribution in [-0.2, 0) is 12.4 Å². The summed E-state index contributed by atoms with van der Waals surface area (Å²) < 4.78 is 79.0. The molecule has 1 aromatic carbocycles. The van der Waals surface area contributed by atoms with Crippen LogP contribution in [0.5, 0.6) is 0 Å². The zero-order valence-electron chi connectivity index (χ0n) is 12.3. The van der Waals surface area contributed by atoms with Gasteiger partial charge in [0.15, 0.2) is 0 Å². The lowest BCUT2D eigenvalue weighted by Gasteiger charge is -2.17. The molecule has 0 fully saturated rings. The monoisotopic (exact) mass is 336 g/mol. The first-order chi connectivity index (χ1) is 10.5. The molecule has 0 saturated carbocycles. The summed E-state index contributed by atoms with van der Waals surface area (Å²) in [5, 5.41) is 0. The van der Waals surface area contributed by atoms with Crippen LogP contribution in [0.3, 0.4) is 0 Å². The van der Waals surface area contributed by atoms with Crippen LogP contribution in [0.2, 0.25) is 0 Å². The van der Waals surface area contributed by atoms with E-state index in [0.29, 0.717) is 18.6 Å². The molecule has 126 valence electrons. The summed E-state index contributed by atoms with van der Waals surface area (Å²) in [5.74, 6) is 0. The Morgan fingerprint density at radius 3 is 1.96 bits per heavy atom. The normalized spacial score (nSPS) is 14.1. The molecule has 1 unspecified atom stereocenters. The van der Waals surface area contributed by atoms with E-state index in [-0.39, 0.29) is 23.4 Å². The van der Waals surface area contributed by atoms with Gasteiger partial charge < -0.3 is 4.57 Å². The molecule has 8 heteroatoms. The van der Waals surface area contributed by atoms with Crippen LogP contribution in [0.1, 0.15) is 37.4 Å². The third-order valence-electron chi connectivity index (χ3n) is 3.62. The quantitative estimate of drug-likeness (QED) is 0.671. The van der Waals surface area contributed by atoms with Crippen LogP contribution >= 0.6 is 0 Å². The SMILES string of the molecule is CCC(C)n1cncc1-c1cc(C(F)(F)F)cc(C(F)(F)F)c1. The Labute approximate surface area is 128 Å². The number of hydrogen-bond acceptors (Lipinski definition) is 1. The molecule has 0 saturated heterocycles. The minimum absolute atomic E-state index is 0.101. The Hall–Kier alpha value is -1.99. The highest BCUT2D eigenvalue weighted by molar-refractivity contribution is 5.62. The van der Waals surface area contributed by atoms with Crippen LogP contribution < -0.4 is 0 Å². The largest absolute Gasteiger partial charge is 0.416 e. The molecule has 0 aliphatic rings. The Kier molecular flexibility index (Phi) is 4.45. The topological polar surface area (TPSA) is 17.8 Å². The lowest BCUT2D eigenvalue weighted by Crippen LogP contribution is -2.12. The summed E-state index contributed by atoms with van der Waals surface area (Å²) in [5.41, 5.74) is -2.61. The summed E-state index contributed by atoms with van der Waals surface area (Å²) >= 11 is 0. The van der Waals surface area contributed by atoms with Crippen molar-refractivity contribution in [1.82, 2.24) is 9.55 Å². The van der Waals surface area contributed by atoms with E-state index in [1.54, 1.807) is 4.57 Å². The number of benzene rings is 1. The Balaban J connectivity index is 2.66. The molecule has 1 atom stereocenters. The third-order valence-corrected chi connectivity index (χ3v) is 3.62. The fourth-order valence-corrected chi connectivity index (χ4v) is 2.18. The number of halogens is 6. The lowest BCUT2D eigenvalue weighted by atomic mass is 10.0. The van der Waals surface area contributed by atoms with Crippen molar-refractivity contribution in [2.75, 3.05) is 0 Å². The second kappa shape index (κ2) is 5.90. The van der Waals surface area contributed by atoms with E-state index in [0.717, 1.165) is 0 Å². The summed E-state index contributed by atoms with van der Waals surface area (Å²) in [6.45, 7) is 3.67. The smallest absolute Gasteiger partial charge is 0.328 e. The zero-order chi connectivity index (χ0) is 17.4. The predicted octanol–water partition coefficient (Wildman–Crippen LogP) is 5.56. The first-order valence-corrected chi connectivity index (χ1v) is 6.85. The highest BCUT2D eigenvalue weighted by Gasteiger charge is 2.37. The molecule has 2 aromatic rings. The van der Waals surface area contributed by atoms with Crippen molar-refractivity contribution in [2.45, 2.75) is 38.7 Å². The van der Waals surface area contributed by atoms with E-state index < -0.39 is 23.5 Å². The lowest BCUT2D eigenvalue weighted by molar-refractivity contribution is -0.143. The van der Waals surface area contributed by atoms with Gasteiger partial charge in [0.1, 0.15) is 0 Å². The fourth-order valence-electron chi connectivity index (χ4n) is 2.18. The van der Waals surface area contributed by atoms with Crippen molar-refractivity contribution in [2.24, 2.45) is 0 Å². The van der Waals surface area contributed by atoms with Crippen LogP contribution in [0.15, 0.2) is 30.7 Å². The predicted molar refractivity (Wildman–Crippen MR) is 72.7 cm³/mol. The number of hydrogen-bond donors (Lipinski definition) is 0. The standard InChI is InChI=1S/C15H14F6N2/c1-3-9(2)23-8-22-7-13(23)10-4-11(14(16,17)18)6-12(5-10)15(19,20)21/h4-9H,3H2,1-2H3. The maximum absolute atomic E-state index is 12.9. The van der Waals surface area contributed by atoms with Gasteiger partial charge in [-0.15, -0.1) is 0 Å². The molecular weight excluding hydrogens is 322 g/mol. The molecule has 0 amide bonds. The molecule has 2 nitrogen and oxygen atoms in total. The Morgan fingerprint density at radius 1 is 1.00 bits per heavy atom. The molecule has 0 aliphatic carbocycles. The highest BCUT2D eigenvalue weighted by Crippen LogP contribution is 2.39. The maximum Gasteiger partial charge on any atom is 0.416 e. The van der Waals surface area contributed by atoms with Gasteiger partial charge in [-0.25, -0.2) is 4.98 Å². The average molecular weight is 336 g/mol. The van der Waals surface area contributed by atoms with Gasteiger partial charge in [-0.05, 0) is 31.5 Å². The van der Waals surface area contributed by atoms with Crippen molar-refractivity contribution in [1.29, 1.82) is 0 Å². The Bertz CT molecular complexity index is 652. The number of imidazole rings is 1. The van der Waals surface area contributed by atoms with Crippen molar-refractivity contribution >= 4 is 0 Å². The van der Waals surface area contributed by atoms with Crippen molar-refractivity contribution in [3.05, 3.63) is 41.9 Å². The van der Waals surface area contributed by atoms with Crippen LogP contribution in [0.25, 0.3) is 11.3 Å². The molecule has 0 spiro atoms. The van der Waals surface area contributed by atoms with E-state index in [9.17, 15) is 26.3 Å². The van der Waals surface area contributed by atoms with Crippen molar-refractivity contribution < 1.29 is 26.3 Å². The van der Waals surface area contributed by atoms with Crippen LogP contribution in [0, 0.1) is 0 Å². The summed E-state index contributed by atoms with van der Waals surface area (Å²) in [4.78, 5) is 3.85. The fraction of sp³-hybridized carbons (Fsp3) is 0.400. The molecule has 1 aromatic heterocycles. The van der Waals surface area contributed by atoms with Gasteiger partial charge in [-0.2, -0.15) is 26.3 Å². The molecule has 2 rings (SSSR count). The summed E-state index contributed by atoms with van der Waals surface area (Å²) in [6, 6.07) is 1.44. The van der Waals surface area contributed by atoms with E-state index in [4.69, 9.17) is 0 Å². The third kappa shape index (κ3) is 3.68. The molecule has 0 radical (unpaired) electrons.